The molecule has 0 radical (unpaired) electrons. The lowest BCUT2D eigenvalue weighted by atomic mass is 10.2. The Kier molecular flexibility index (Phi) is 3.63. The third-order valence-electron chi connectivity index (χ3n) is 2.42. The van der Waals surface area contributed by atoms with Crippen LogP contribution in [0.1, 0.15) is 11.1 Å². The zero-order valence-corrected chi connectivity index (χ0v) is 10.6. The van der Waals surface area contributed by atoms with E-state index in [1.807, 2.05) is 0 Å². The lowest BCUT2D eigenvalue weighted by molar-refractivity contribution is 0.621. The predicted octanol–water partition coefficient (Wildman–Crippen LogP) is 3.94. The topological polar surface area (TPSA) is 48.7 Å². The van der Waals surface area contributed by atoms with Crippen LogP contribution in [0.5, 0.6) is 0 Å². The fraction of sp³-hybridized carbons (Fsp3) is 0.0769. The van der Waals surface area contributed by atoms with Crippen LogP contribution >= 0.6 is 11.6 Å². The summed E-state index contributed by atoms with van der Waals surface area (Å²) in [6.07, 6.45) is 0. The van der Waals surface area contributed by atoms with E-state index in [2.05, 4.69) is 10.3 Å². The Balaban J connectivity index is 2.42. The van der Waals surface area contributed by atoms with Gasteiger partial charge in [-0.15, -0.1) is 0 Å². The standard InChI is InChI=1S/C13H8ClF2N3/c1-7-2-3-9(15)11(4-7)18-13-10(16)5-8(6-17)12(14)19-13/h2-5H,1H3,(H,18,19). The molecule has 0 fully saturated rings. The molecule has 6 heteroatoms. The summed E-state index contributed by atoms with van der Waals surface area (Å²) in [5, 5.41) is 11.1. The van der Waals surface area contributed by atoms with Crippen molar-refractivity contribution >= 4 is 23.1 Å². The molecule has 0 bridgehead atoms. The van der Waals surface area contributed by atoms with Crippen LogP contribution in [0.4, 0.5) is 20.3 Å². The van der Waals surface area contributed by atoms with Crippen LogP contribution in [-0.2, 0) is 0 Å². The monoisotopic (exact) mass is 279 g/mol. The molecule has 1 heterocycles. The van der Waals surface area contributed by atoms with Crippen molar-refractivity contribution in [3.05, 3.63) is 52.2 Å². The normalized spacial score (nSPS) is 10.1. The molecule has 0 amide bonds. The fourth-order valence-corrected chi connectivity index (χ4v) is 1.68. The first-order chi connectivity index (χ1) is 9.01. The summed E-state index contributed by atoms with van der Waals surface area (Å²) in [7, 11) is 0. The van der Waals surface area contributed by atoms with Gasteiger partial charge < -0.3 is 5.32 Å². The Bertz CT molecular complexity index is 680. The molecule has 2 rings (SSSR count). The van der Waals surface area contributed by atoms with Crippen LogP contribution in [-0.4, -0.2) is 4.98 Å². The molecule has 0 saturated heterocycles. The summed E-state index contributed by atoms with van der Waals surface area (Å²) in [6, 6.07) is 7.04. The van der Waals surface area contributed by atoms with Crippen LogP contribution in [0.2, 0.25) is 5.15 Å². The van der Waals surface area contributed by atoms with E-state index in [9.17, 15) is 8.78 Å². The molecule has 0 aliphatic carbocycles. The molecule has 0 saturated carbocycles. The summed E-state index contributed by atoms with van der Waals surface area (Å²) >= 11 is 5.70. The number of aromatic nitrogens is 1. The third-order valence-corrected chi connectivity index (χ3v) is 2.71. The van der Waals surface area contributed by atoms with E-state index in [4.69, 9.17) is 16.9 Å². The second-order valence-corrected chi connectivity index (χ2v) is 4.24. The van der Waals surface area contributed by atoms with E-state index in [1.165, 1.54) is 12.1 Å². The summed E-state index contributed by atoms with van der Waals surface area (Å²) in [5.41, 5.74) is 0.825. The number of rotatable bonds is 2. The van der Waals surface area contributed by atoms with E-state index in [1.54, 1.807) is 19.1 Å². The van der Waals surface area contributed by atoms with Crippen LogP contribution in [0.3, 0.4) is 0 Å². The average Bonchev–Trinajstić information content (AvgIpc) is 2.37. The van der Waals surface area contributed by atoms with Gasteiger partial charge in [0, 0.05) is 0 Å². The predicted molar refractivity (Wildman–Crippen MR) is 68.3 cm³/mol. The molecule has 0 unspecified atom stereocenters. The van der Waals surface area contributed by atoms with Crippen LogP contribution in [0, 0.1) is 29.9 Å². The largest absolute Gasteiger partial charge is 0.335 e. The van der Waals surface area contributed by atoms with Crippen molar-refractivity contribution < 1.29 is 8.78 Å². The smallest absolute Gasteiger partial charge is 0.168 e. The second kappa shape index (κ2) is 5.21. The van der Waals surface area contributed by atoms with E-state index in [0.717, 1.165) is 11.6 Å². The number of benzene rings is 1. The number of aryl methyl sites for hydroxylation is 1. The van der Waals surface area contributed by atoms with Crippen LogP contribution < -0.4 is 5.32 Å². The third kappa shape index (κ3) is 2.80. The first kappa shape index (κ1) is 13.2. The van der Waals surface area contributed by atoms with Crippen molar-refractivity contribution in [2.24, 2.45) is 0 Å². The molecule has 1 aromatic heterocycles. The van der Waals surface area contributed by atoms with Gasteiger partial charge in [0.2, 0.25) is 0 Å². The number of nitrogens with zero attached hydrogens (tertiary/aromatic N) is 2. The summed E-state index contributed by atoms with van der Waals surface area (Å²) < 4.78 is 27.2. The molecule has 2 aromatic rings. The molecule has 1 aromatic carbocycles. The Morgan fingerprint density at radius 3 is 2.68 bits per heavy atom. The van der Waals surface area contributed by atoms with E-state index >= 15 is 0 Å². The Morgan fingerprint density at radius 2 is 2.00 bits per heavy atom. The molecule has 0 aliphatic heterocycles. The quantitative estimate of drug-likeness (QED) is 0.847. The fourth-order valence-electron chi connectivity index (χ4n) is 1.49. The van der Waals surface area contributed by atoms with E-state index in [-0.39, 0.29) is 22.2 Å². The number of nitriles is 1. The highest BCUT2D eigenvalue weighted by Crippen LogP contribution is 2.25. The van der Waals surface area contributed by atoms with Crippen molar-refractivity contribution in [1.29, 1.82) is 5.26 Å². The maximum absolute atomic E-state index is 13.7. The van der Waals surface area contributed by atoms with Gasteiger partial charge in [-0.25, -0.2) is 13.8 Å². The lowest BCUT2D eigenvalue weighted by Gasteiger charge is -2.09. The molecular formula is C13H8ClF2N3. The number of hydrogen-bond donors (Lipinski definition) is 1. The molecular weight excluding hydrogens is 272 g/mol. The van der Waals surface area contributed by atoms with Crippen molar-refractivity contribution in [2.45, 2.75) is 6.92 Å². The lowest BCUT2D eigenvalue weighted by Crippen LogP contribution is -2.01. The SMILES string of the molecule is Cc1ccc(F)c(Nc2nc(Cl)c(C#N)cc2F)c1. The highest BCUT2D eigenvalue weighted by Gasteiger charge is 2.12. The van der Waals surface area contributed by atoms with Gasteiger partial charge in [-0.3, -0.25) is 0 Å². The van der Waals surface area contributed by atoms with Gasteiger partial charge in [-0.1, -0.05) is 17.7 Å². The molecule has 0 aliphatic rings. The van der Waals surface area contributed by atoms with Crippen molar-refractivity contribution in [1.82, 2.24) is 4.98 Å². The van der Waals surface area contributed by atoms with Crippen molar-refractivity contribution in [3.8, 4) is 6.07 Å². The maximum Gasteiger partial charge on any atom is 0.168 e. The zero-order valence-electron chi connectivity index (χ0n) is 9.84. The van der Waals surface area contributed by atoms with Gasteiger partial charge in [-0.05, 0) is 30.7 Å². The molecule has 0 atom stereocenters. The van der Waals surface area contributed by atoms with Crippen molar-refractivity contribution in [2.75, 3.05) is 5.32 Å². The van der Waals surface area contributed by atoms with E-state index in [0.29, 0.717) is 0 Å². The maximum atomic E-state index is 13.7. The molecule has 0 spiro atoms. The summed E-state index contributed by atoms with van der Waals surface area (Å²) in [4.78, 5) is 3.70. The summed E-state index contributed by atoms with van der Waals surface area (Å²) in [6.45, 7) is 1.78. The Labute approximate surface area is 113 Å². The number of pyridine rings is 1. The molecule has 3 nitrogen and oxygen atoms in total. The van der Waals surface area contributed by atoms with Gasteiger partial charge >= 0.3 is 0 Å². The van der Waals surface area contributed by atoms with Gasteiger partial charge in [0.05, 0.1) is 11.3 Å². The van der Waals surface area contributed by atoms with Crippen LogP contribution in [0.25, 0.3) is 0 Å². The summed E-state index contributed by atoms with van der Waals surface area (Å²) in [5.74, 6) is -1.54. The Morgan fingerprint density at radius 1 is 1.26 bits per heavy atom. The average molecular weight is 280 g/mol. The minimum absolute atomic E-state index is 0.0746. The highest BCUT2D eigenvalue weighted by atomic mass is 35.5. The molecule has 19 heavy (non-hydrogen) atoms. The van der Waals surface area contributed by atoms with Gasteiger partial charge in [0.25, 0.3) is 0 Å². The Hall–Kier alpha value is -2.19. The minimum Gasteiger partial charge on any atom is -0.335 e. The second-order valence-electron chi connectivity index (χ2n) is 3.88. The zero-order chi connectivity index (χ0) is 14.0. The molecule has 96 valence electrons. The minimum atomic E-state index is -0.776. The first-order valence-corrected chi connectivity index (χ1v) is 5.68. The van der Waals surface area contributed by atoms with Gasteiger partial charge in [0.15, 0.2) is 11.6 Å². The van der Waals surface area contributed by atoms with Gasteiger partial charge in [0.1, 0.15) is 17.0 Å². The first-order valence-electron chi connectivity index (χ1n) is 5.30. The molecule has 1 N–H and O–H groups in total. The van der Waals surface area contributed by atoms with Crippen LogP contribution in [0.15, 0.2) is 24.3 Å². The number of halogens is 3. The number of anilines is 2. The van der Waals surface area contributed by atoms with Gasteiger partial charge in [-0.2, -0.15) is 5.26 Å². The van der Waals surface area contributed by atoms with E-state index < -0.39 is 11.6 Å². The highest BCUT2D eigenvalue weighted by molar-refractivity contribution is 6.30. The van der Waals surface area contributed by atoms with Crippen molar-refractivity contribution in [3.63, 3.8) is 0 Å². The number of hydrogen-bond acceptors (Lipinski definition) is 3. The number of nitrogens with one attached hydrogen (secondary N) is 1.